The average Bonchev–Trinajstić information content (AvgIpc) is 3.44. The van der Waals surface area contributed by atoms with Gasteiger partial charge in [0, 0.05) is 29.0 Å². The van der Waals surface area contributed by atoms with Crippen molar-refractivity contribution in [1.82, 2.24) is 14.9 Å². The molecule has 4 aromatic rings. The number of thiocarbonyl (C=S) groups is 1. The smallest absolute Gasteiger partial charge is 0.337 e. The van der Waals surface area contributed by atoms with Gasteiger partial charge in [-0.1, -0.05) is 6.07 Å². The molecule has 1 aliphatic rings. The summed E-state index contributed by atoms with van der Waals surface area (Å²) < 4.78 is 33.3. The number of rotatable bonds is 7. The van der Waals surface area contributed by atoms with E-state index < -0.39 is 10.0 Å². The van der Waals surface area contributed by atoms with Crippen LogP contribution in [0.1, 0.15) is 50.7 Å². The number of carbonyl (C=O) groups is 1. The molecule has 0 bridgehead atoms. The van der Waals surface area contributed by atoms with Crippen LogP contribution in [-0.4, -0.2) is 42.4 Å². The van der Waals surface area contributed by atoms with E-state index in [0.717, 1.165) is 45.8 Å². The Morgan fingerprint density at radius 2 is 1.73 bits per heavy atom. The highest BCUT2D eigenvalue weighted by atomic mass is 32.2. The van der Waals surface area contributed by atoms with Crippen LogP contribution < -0.4 is 14.9 Å². The molecule has 3 heterocycles. The second kappa shape index (κ2) is 11.0. The van der Waals surface area contributed by atoms with Crippen LogP contribution in [0.25, 0.3) is 5.69 Å². The van der Waals surface area contributed by atoms with Crippen LogP contribution in [0.2, 0.25) is 0 Å². The molecule has 41 heavy (non-hydrogen) atoms. The number of aromatic nitrogens is 2. The molecule has 0 spiro atoms. The molecule has 0 saturated carbocycles. The Hall–Kier alpha value is -4.22. The van der Waals surface area contributed by atoms with E-state index in [1.54, 1.807) is 24.4 Å². The second-order valence-electron chi connectivity index (χ2n) is 10.1. The van der Waals surface area contributed by atoms with Gasteiger partial charge in [0.15, 0.2) is 5.11 Å². The van der Waals surface area contributed by atoms with Crippen molar-refractivity contribution in [2.75, 3.05) is 23.0 Å². The van der Waals surface area contributed by atoms with Gasteiger partial charge in [-0.2, -0.15) is 0 Å². The van der Waals surface area contributed by atoms with Crippen LogP contribution in [0.15, 0.2) is 72.9 Å². The number of benzene rings is 2. The predicted molar refractivity (Wildman–Crippen MR) is 164 cm³/mol. The van der Waals surface area contributed by atoms with Gasteiger partial charge in [-0.05, 0) is 105 Å². The molecule has 0 amide bonds. The summed E-state index contributed by atoms with van der Waals surface area (Å²) in [6.07, 6.45) is 2.90. The number of nitrogens with zero attached hydrogens (tertiary/aromatic N) is 3. The van der Waals surface area contributed by atoms with Crippen LogP contribution in [0.3, 0.4) is 0 Å². The van der Waals surface area contributed by atoms with Crippen molar-refractivity contribution in [1.29, 1.82) is 0 Å². The Labute approximate surface area is 245 Å². The third kappa shape index (κ3) is 5.55. The quantitative estimate of drug-likeness (QED) is 0.226. The van der Waals surface area contributed by atoms with Gasteiger partial charge < -0.3 is 19.5 Å². The Bertz CT molecular complexity index is 1730. The lowest BCUT2D eigenvalue weighted by Crippen LogP contribution is -2.29. The molecule has 2 unspecified atom stereocenters. The number of esters is 1. The van der Waals surface area contributed by atoms with Gasteiger partial charge in [0.2, 0.25) is 10.0 Å². The Morgan fingerprint density at radius 3 is 2.34 bits per heavy atom. The van der Waals surface area contributed by atoms with Gasteiger partial charge in [-0.15, -0.1) is 0 Å². The average molecular weight is 590 g/mol. The van der Waals surface area contributed by atoms with Crippen LogP contribution in [0.4, 0.5) is 11.4 Å². The summed E-state index contributed by atoms with van der Waals surface area (Å²) >= 11 is 5.89. The maximum atomic E-state index is 12.0. The highest BCUT2D eigenvalue weighted by molar-refractivity contribution is 7.92. The summed E-state index contributed by atoms with van der Waals surface area (Å²) in [6.45, 7) is 5.97. The molecule has 1 saturated heterocycles. The number of ether oxygens (including phenoxy) is 1. The summed E-state index contributed by atoms with van der Waals surface area (Å²) in [7, 11) is -2.06. The number of pyridine rings is 1. The first-order valence-corrected chi connectivity index (χ1v) is 15.2. The van der Waals surface area contributed by atoms with E-state index in [9.17, 15) is 13.2 Å². The molecule has 2 aromatic heterocycles. The lowest BCUT2D eigenvalue weighted by atomic mass is 9.96. The van der Waals surface area contributed by atoms with Gasteiger partial charge in [0.25, 0.3) is 0 Å². The molecule has 1 aliphatic heterocycles. The zero-order chi connectivity index (χ0) is 29.5. The summed E-state index contributed by atoms with van der Waals surface area (Å²) in [5.41, 5.74) is 7.45. The van der Waals surface area contributed by atoms with Crippen molar-refractivity contribution in [2.45, 2.75) is 32.9 Å². The fraction of sp³-hybridized carbons (Fsp3) is 0.233. The fourth-order valence-electron chi connectivity index (χ4n) is 5.41. The molecule has 9 nitrogen and oxygen atoms in total. The van der Waals surface area contributed by atoms with Crippen molar-refractivity contribution in [2.24, 2.45) is 0 Å². The minimum absolute atomic E-state index is 0.242. The van der Waals surface area contributed by atoms with Crippen LogP contribution >= 0.6 is 12.2 Å². The first-order valence-electron chi connectivity index (χ1n) is 12.9. The van der Waals surface area contributed by atoms with Crippen molar-refractivity contribution in [3.63, 3.8) is 0 Å². The molecule has 11 heteroatoms. The molecule has 212 valence electrons. The number of hydrogen-bond acceptors (Lipinski definition) is 6. The van der Waals surface area contributed by atoms with Crippen LogP contribution in [-0.2, 0) is 14.8 Å². The van der Waals surface area contributed by atoms with Crippen molar-refractivity contribution in [3.8, 4) is 5.69 Å². The van der Waals surface area contributed by atoms with E-state index in [-0.39, 0.29) is 18.1 Å². The summed E-state index contributed by atoms with van der Waals surface area (Å²) in [4.78, 5) is 18.7. The Kier molecular flexibility index (Phi) is 7.58. The lowest BCUT2D eigenvalue weighted by molar-refractivity contribution is 0.0600. The monoisotopic (exact) mass is 589 g/mol. The maximum Gasteiger partial charge on any atom is 0.337 e. The largest absolute Gasteiger partial charge is 0.465 e. The number of carbonyl (C=O) groups excluding carboxylic acids is 1. The van der Waals surface area contributed by atoms with Crippen molar-refractivity contribution < 1.29 is 17.9 Å². The topological polar surface area (TPSA) is 106 Å². The first kappa shape index (κ1) is 28.3. The van der Waals surface area contributed by atoms with Crippen molar-refractivity contribution in [3.05, 3.63) is 107 Å². The molecule has 2 atom stereocenters. The number of nitrogens with one attached hydrogen (secondary N) is 2. The zero-order valence-electron chi connectivity index (χ0n) is 23.4. The number of methoxy groups -OCH3 is 1. The number of aryl methyl sites for hydroxylation is 2. The van der Waals surface area contributed by atoms with E-state index in [1.807, 2.05) is 56.3 Å². The maximum absolute atomic E-state index is 12.0. The van der Waals surface area contributed by atoms with Gasteiger partial charge in [-0.25, -0.2) is 13.2 Å². The van der Waals surface area contributed by atoms with Gasteiger partial charge >= 0.3 is 5.97 Å². The van der Waals surface area contributed by atoms with Crippen molar-refractivity contribution >= 4 is 44.7 Å². The highest BCUT2D eigenvalue weighted by Crippen LogP contribution is 2.44. The number of sulfonamides is 1. The molecular formula is C30H31N5O4S2. The van der Waals surface area contributed by atoms with Gasteiger partial charge in [-0.3, -0.25) is 9.71 Å². The summed E-state index contributed by atoms with van der Waals surface area (Å²) in [6, 6.07) is 20.3. The Morgan fingerprint density at radius 1 is 1.02 bits per heavy atom. The van der Waals surface area contributed by atoms with Crippen LogP contribution in [0.5, 0.6) is 0 Å². The third-order valence-corrected chi connectivity index (χ3v) is 8.12. The molecule has 1 fully saturated rings. The number of hydrogen-bond donors (Lipinski definition) is 2. The van der Waals surface area contributed by atoms with Crippen LogP contribution in [0, 0.1) is 20.8 Å². The second-order valence-corrected chi connectivity index (χ2v) is 12.2. The molecule has 5 rings (SSSR count). The fourth-order valence-corrected chi connectivity index (χ4v) is 6.38. The zero-order valence-corrected chi connectivity index (χ0v) is 25.0. The van der Waals surface area contributed by atoms with E-state index in [0.29, 0.717) is 16.4 Å². The Balaban J connectivity index is 1.62. The normalized spacial score (nSPS) is 16.9. The van der Waals surface area contributed by atoms with E-state index in [1.165, 1.54) is 7.11 Å². The minimum atomic E-state index is -3.42. The molecule has 2 N–H and O–H groups in total. The third-order valence-electron chi connectivity index (χ3n) is 7.22. The summed E-state index contributed by atoms with van der Waals surface area (Å²) in [5.74, 6) is -0.384. The molecule has 2 aromatic carbocycles. The molecule has 0 aliphatic carbocycles. The van der Waals surface area contributed by atoms with Gasteiger partial charge in [0.1, 0.15) is 0 Å². The van der Waals surface area contributed by atoms with E-state index in [2.05, 4.69) is 37.5 Å². The minimum Gasteiger partial charge on any atom is -0.465 e. The van der Waals surface area contributed by atoms with E-state index in [4.69, 9.17) is 17.0 Å². The lowest BCUT2D eigenvalue weighted by Gasteiger charge is -2.29. The number of anilines is 2. The first-order chi connectivity index (χ1) is 19.5. The predicted octanol–water partition coefficient (Wildman–Crippen LogP) is 5.13. The van der Waals surface area contributed by atoms with E-state index >= 15 is 0 Å². The molecule has 0 radical (unpaired) electrons. The SMILES string of the molecule is COC(=O)c1ccc(-n2c(C)cc(C3C(c4ccccn4)NC(=S)N3c3ccc(NS(C)(=O)=O)c(C)c3)c2C)cc1. The molecular weight excluding hydrogens is 558 g/mol. The standard InChI is InChI=1S/C30H31N5O4S2/c1-18-16-23(13-14-25(18)33-41(5,37)38)35-28(27(32-30(35)40)26-8-6-7-15-31-26)24-17-19(2)34(20(24)3)22-11-9-21(10-12-22)29(36)39-4/h6-17,27-28,33H,1-5H3,(H,32,40). The summed E-state index contributed by atoms with van der Waals surface area (Å²) in [5, 5.41) is 4.03. The highest BCUT2D eigenvalue weighted by Gasteiger charge is 2.42. The van der Waals surface area contributed by atoms with Gasteiger partial charge in [0.05, 0.1) is 42.4 Å².